The van der Waals surface area contributed by atoms with Gasteiger partial charge in [-0.15, -0.1) is 0 Å². The fourth-order valence-corrected chi connectivity index (χ4v) is 1.97. The summed E-state index contributed by atoms with van der Waals surface area (Å²) >= 11 is 0. The van der Waals surface area contributed by atoms with Crippen molar-refractivity contribution in [2.45, 2.75) is 46.0 Å². The van der Waals surface area contributed by atoms with Gasteiger partial charge < -0.3 is 10.4 Å². The molecule has 2 N–H and O–H groups in total. The Balaban J connectivity index is 2.65. The first-order valence-corrected chi connectivity index (χ1v) is 6.73. The van der Waals surface area contributed by atoms with E-state index >= 15 is 0 Å². The predicted octanol–water partition coefficient (Wildman–Crippen LogP) is 3.84. The molecule has 0 aliphatic rings. The Labute approximate surface area is 114 Å². The number of nitrogens with zero attached hydrogens (tertiary/aromatic N) is 2. The molecular formula is C15H22N2O2. The lowest BCUT2D eigenvalue weighted by Crippen LogP contribution is -2.12. The maximum absolute atomic E-state index is 8.95. The molecule has 0 unspecified atom stereocenters. The van der Waals surface area contributed by atoms with Gasteiger partial charge in [-0.05, 0) is 25.3 Å². The molecule has 0 radical (unpaired) electrons. The van der Waals surface area contributed by atoms with Crippen LogP contribution in [0.15, 0.2) is 34.6 Å². The highest BCUT2D eigenvalue weighted by Gasteiger charge is 2.08. The Bertz CT molecular complexity index is 436. The van der Waals surface area contributed by atoms with Crippen LogP contribution in [-0.4, -0.2) is 21.8 Å². The average molecular weight is 262 g/mol. The smallest absolute Gasteiger partial charge is 0.134 e. The summed E-state index contributed by atoms with van der Waals surface area (Å²) < 4.78 is 0. The standard InChI is InChI=1S/C15H22N2O2/c1-3-4-5-6-7-13-8-10-14(11-9-13)15(17-19)12(2)16-18/h8-11,18-19H,3-7H2,1-2H3/b16-12+,17-15+. The zero-order valence-electron chi connectivity index (χ0n) is 11.6. The molecule has 0 amide bonds. The van der Waals surface area contributed by atoms with E-state index in [4.69, 9.17) is 10.4 Å². The normalized spacial score (nSPS) is 12.7. The van der Waals surface area contributed by atoms with E-state index < -0.39 is 0 Å². The highest BCUT2D eigenvalue weighted by atomic mass is 16.4. The van der Waals surface area contributed by atoms with Crippen LogP contribution in [0.4, 0.5) is 0 Å². The van der Waals surface area contributed by atoms with Crippen LogP contribution in [0, 0.1) is 0 Å². The van der Waals surface area contributed by atoms with E-state index in [-0.39, 0.29) is 5.71 Å². The largest absolute Gasteiger partial charge is 0.411 e. The highest BCUT2D eigenvalue weighted by Crippen LogP contribution is 2.11. The second kappa shape index (κ2) is 8.29. The maximum atomic E-state index is 8.95. The molecule has 0 heterocycles. The topological polar surface area (TPSA) is 65.2 Å². The van der Waals surface area contributed by atoms with Crippen LogP contribution < -0.4 is 0 Å². The molecule has 1 aromatic carbocycles. The molecule has 0 atom stereocenters. The lowest BCUT2D eigenvalue weighted by molar-refractivity contribution is 0.314. The molecule has 0 saturated carbocycles. The Hall–Kier alpha value is -1.84. The van der Waals surface area contributed by atoms with E-state index in [0.29, 0.717) is 5.71 Å². The minimum absolute atomic E-state index is 0.290. The predicted molar refractivity (Wildman–Crippen MR) is 77.5 cm³/mol. The summed E-state index contributed by atoms with van der Waals surface area (Å²) in [6, 6.07) is 7.83. The van der Waals surface area contributed by atoms with Gasteiger partial charge in [0.25, 0.3) is 0 Å². The number of hydrogen-bond donors (Lipinski definition) is 2. The van der Waals surface area contributed by atoms with Crippen molar-refractivity contribution in [2.24, 2.45) is 10.3 Å². The van der Waals surface area contributed by atoms with Gasteiger partial charge in [-0.3, -0.25) is 0 Å². The lowest BCUT2D eigenvalue weighted by atomic mass is 10.0. The van der Waals surface area contributed by atoms with Crippen molar-refractivity contribution in [3.8, 4) is 0 Å². The van der Waals surface area contributed by atoms with Crippen LogP contribution >= 0.6 is 0 Å². The summed E-state index contributed by atoms with van der Waals surface area (Å²) in [7, 11) is 0. The van der Waals surface area contributed by atoms with E-state index in [9.17, 15) is 0 Å². The second-order valence-electron chi connectivity index (χ2n) is 4.64. The summed E-state index contributed by atoms with van der Waals surface area (Å²) in [4.78, 5) is 0. The zero-order valence-corrected chi connectivity index (χ0v) is 11.6. The van der Waals surface area contributed by atoms with Gasteiger partial charge in [-0.1, -0.05) is 60.8 Å². The van der Waals surface area contributed by atoms with Crippen LogP contribution in [0.1, 0.15) is 50.7 Å². The van der Waals surface area contributed by atoms with E-state index in [1.807, 2.05) is 24.3 Å². The average Bonchev–Trinajstić information content (AvgIpc) is 2.45. The van der Waals surface area contributed by atoms with Gasteiger partial charge in [0.15, 0.2) is 0 Å². The molecule has 0 aliphatic carbocycles. The van der Waals surface area contributed by atoms with Crippen LogP contribution in [0.25, 0.3) is 0 Å². The minimum atomic E-state index is 0.290. The third-order valence-electron chi connectivity index (χ3n) is 3.14. The molecule has 0 aliphatic heterocycles. The summed E-state index contributed by atoms with van der Waals surface area (Å²) in [5, 5.41) is 23.9. The Kier molecular flexibility index (Phi) is 6.64. The summed E-state index contributed by atoms with van der Waals surface area (Å²) in [5.74, 6) is 0. The second-order valence-corrected chi connectivity index (χ2v) is 4.64. The van der Waals surface area contributed by atoms with Crippen LogP contribution in [-0.2, 0) is 6.42 Å². The van der Waals surface area contributed by atoms with Gasteiger partial charge in [0.05, 0.1) is 0 Å². The van der Waals surface area contributed by atoms with Gasteiger partial charge in [-0.2, -0.15) is 0 Å². The first-order valence-electron chi connectivity index (χ1n) is 6.73. The number of rotatable bonds is 7. The first-order chi connectivity index (χ1) is 9.22. The molecule has 104 valence electrons. The van der Waals surface area contributed by atoms with Gasteiger partial charge >= 0.3 is 0 Å². The molecular weight excluding hydrogens is 240 g/mol. The Morgan fingerprint density at radius 1 is 1.00 bits per heavy atom. The van der Waals surface area contributed by atoms with E-state index in [2.05, 4.69) is 17.2 Å². The van der Waals surface area contributed by atoms with Crippen LogP contribution in [0.3, 0.4) is 0 Å². The highest BCUT2D eigenvalue weighted by molar-refractivity contribution is 6.47. The van der Waals surface area contributed by atoms with Crippen molar-refractivity contribution in [2.75, 3.05) is 0 Å². The third kappa shape index (κ3) is 4.73. The molecule has 1 aromatic rings. The molecule has 0 fully saturated rings. The fraction of sp³-hybridized carbons (Fsp3) is 0.467. The first kappa shape index (κ1) is 15.2. The van der Waals surface area contributed by atoms with Gasteiger partial charge in [0, 0.05) is 5.56 Å². The molecule has 0 spiro atoms. The van der Waals surface area contributed by atoms with Crippen LogP contribution in [0.5, 0.6) is 0 Å². The third-order valence-corrected chi connectivity index (χ3v) is 3.14. The quantitative estimate of drug-likeness (QED) is 0.339. The van der Waals surface area contributed by atoms with Crippen molar-refractivity contribution < 1.29 is 10.4 Å². The fourth-order valence-electron chi connectivity index (χ4n) is 1.97. The minimum Gasteiger partial charge on any atom is -0.411 e. The number of benzene rings is 1. The van der Waals surface area contributed by atoms with E-state index in [1.54, 1.807) is 6.92 Å². The van der Waals surface area contributed by atoms with Gasteiger partial charge in [0.1, 0.15) is 11.4 Å². The van der Waals surface area contributed by atoms with Crippen molar-refractivity contribution in [3.63, 3.8) is 0 Å². The number of hydrogen-bond acceptors (Lipinski definition) is 4. The Morgan fingerprint density at radius 3 is 2.21 bits per heavy atom. The zero-order chi connectivity index (χ0) is 14.1. The van der Waals surface area contributed by atoms with Crippen molar-refractivity contribution >= 4 is 11.4 Å². The van der Waals surface area contributed by atoms with Gasteiger partial charge in [0.2, 0.25) is 0 Å². The van der Waals surface area contributed by atoms with Crippen molar-refractivity contribution in [1.29, 1.82) is 0 Å². The monoisotopic (exact) mass is 262 g/mol. The molecule has 4 heteroatoms. The van der Waals surface area contributed by atoms with Crippen LogP contribution in [0.2, 0.25) is 0 Å². The molecule has 0 bridgehead atoms. The molecule has 19 heavy (non-hydrogen) atoms. The van der Waals surface area contributed by atoms with Gasteiger partial charge in [-0.25, -0.2) is 0 Å². The summed E-state index contributed by atoms with van der Waals surface area (Å²) in [5.41, 5.74) is 2.60. The maximum Gasteiger partial charge on any atom is 0.134 e. The summed E-state index contributed by atoms with van der Waals surface area (Å²) in [6.07, 6.45) is 6.06. The van der Waals surface area contributed by atoms with E-state index in [0.717, 1.165) is 12.0 Å². The molecule has 0 saturated heterocycles. The molecule has 1 rings (SSSR count). The summed E-state index contributed by atoms with van der Waals surface area (Å²) in [6.45, 7) is 3.79. The van der Waals surface area contributed by atoms with E-state index in [1.165, 1.54) is 31.2 Å². The number of unbranched alkanes of at least 4 members (excludes halogenated alkanes) is 3. The van der Waals surface area contributed by atoms with Crippen molar-refractivity contribution in [3.05, 3.63) is 35.4 Å². The lowest BCUT2D eigenvalue weighted by Gasteiger charge is -2.05. The number of oxime groups is 2. The molecule has 0 aromatic heterocycles. The SMILES string of the molecule is CCCCCCc1ccc(C(=N/O)/C(C)=N/O)cc1. The number of aryl methyl sites for hydroxylation is 1. The Morgan fingerprint density at radius 2 is 1.68 bits per heavy atom. The van der Waals surface area contributed by atoms with Crippen molar-refractivity contribution in [1.82, 2.24) is 0 Å². The molecule has 4 nitrogen and oxygen atoms in total.